The fourth-order valence-corrected chi connectivity index (χ4v) is 1.76. The molecule has 2 rings (SSSR count). The number of rotatable bonds is 4. The Bertz CT molecular complexity index is 549. The molecular weight excluding hydrogens is 224 g/mol. The van der Waals surface area contributed by atoms with Crippen molar-refractivity contribution in [1.82, 2.24) is 5.32 Å². The summed E-state index contributed by atoms with van der Waals surface area (Å²) in [5.41, 5.74) is 2.50. The molecule has 0 saturated carbocycles. The van der Waals surface area contributed by atoms with Crippen LogP contribution >= 0.6 is 0 Å². The number of furan rings is 1. The molecule has 92 valence electrons. The summed E-state index contributed by atoms with van der Waals surface area (Å²) in [5.74, 6) is 1.14. The molecule has 0 unspecified atom stereocenters. The molecule has 0 aliphatic heterocycles. The third kappa shape index (κ3) is 2.99. The Kier molecular flexibility index (Phi) is 3.81. The quantitative estimate of drug-likeness (QED) is 0.891. The van der Waals surface area contributed by atoms with Crippen LogP contribution in [-0.2, 0) is 6.54 Å². The zero-order valence-corrected chi connectivity index (χ0v) is 10.6. The molecule has 0 amide bonds. The SMILES string of the molecule is Cc1ccc([C@H](C)NCc2ccc(C#N)o2)cc1. The van der Waals surface area contributed by atoms with E-state index in [1.165, 1.54) is 11.1 Å². The average molecular weight is 240 g/mol. The highest BCUT2D eigenvalue weighted by Gasteiger charge is 2.06. The van der Waals surface area contributed by atoms with E-state index in [-0.39, 0.29) is 6.04 Å². The number of hydrogen-bond donors (Lipinski definition) is 1. The van der Waals surface area contributed by atoms with E-state index in [0.717, 1.165) is 5.76 Å². The van der Waals surface area contributed by atoms with Crippen molar-refractivity contribution in [2.75, 3.05) is 0 Å². The van der Waals surface area contributed by atoms with Crippen molar-refractivity contribution in [1.29, 1.82) is 5.26 Å². The lowest BCUT2D eigenvalue weighted by atomic mass is 10.1. The molecule has 0 bridgehead atoms. The second-order valence-electron chi connectivity index (χ2n) is 4.39. The highest BCUT2D eigenvalue weighted by Crippen LogP contribution is 2.14. The van der Waals surface area contributed by atoms with Gasteiger partial charge in [-0.2, -0.15) is 5.26 Å². The molecule has 0 radical (unpaired) electrons. The van der Waals surface area contributed by atoms with Gasteiger partial charge in [-0.25, -0.2) is 0 Å². The van der Waals surface area contributed by atoms with Crippen LogP contribution in [0.15, 0.2) is 40.8 Å². The van der Waals surface area contributed by atoms with Gasteiger partial charge in [0, 0.05) is 6.04 Å². The molecule has 1 aromatic heterocycles. The fourth-order valence-electron chi connectivity index (χ4n) is 1.76. The van der Waals surface area contributed by atoms with Gasteiger partial charge < -0.3 is 9.73 Å². The summed E-state index contributed by atoms with van der Waals surface area (Å²) in [7, 11) is 0. The third-order valence-corrected chi connectivity index (χ3v) is 2.93. The first-order chi connectivity index (χ1) is 8.69. The Hall–Kier alpha value is -2.05. The van der Waals surface area contributed by atoms with Crippen LogP contribution in [0.1, 0.15) is 35.6 Å². The van der Waals surface area contributed by atoms with Crippen LogP contribution in [0.2, 0.25) is 0 Å². The molecule has 1 N–H and O–H groups in total. The second kappa shape index (κ2) is 5.52. The maximum atomic E-state index is 8.67. The molecule has 3 nitrogen and oxygen atoms in total. The summed E-state index contributed by atoms with van der Waals surface area (Å²) in [4.78, 5) is 0. The number of nitrogens with one attached hydrogen (secondary N) is 1. The first-order valence-corrected chi connectivity index (χ1v) is 5.98. The van der Waals surface area contributed by atoms with E-state index in [0.29, 0.717) is 12.3 Å². The average Bonchev–Trinajstić information content (AvgIpc) is 2.85. The Balaban J connectivity index is 1.94. The van der Waals surface area contributed by atoms with Gasteiger partial charge in [0.2, 0.25) is 5.76 Å². The molecule has 0 aliphatic rings. The Morgan fingerprint density at radius 1 is 1.22 bits per heavy atom. The van der Waals surface area contributed by atoms with E-state index in [9.17, 15) is 0 Å². The van der Waals surface area contributed by atoms with Crippen LogP contribution in [0.4, 0.5) is 0 Å². The summed E-state index contributed by atoms with van der Waals surface area (Å²) in [6.45, 7) is 4.81. The molecule has 0 saturated heterocycles. The molecule has 0 fully saturated rings. The zero-order chi connectivity index (χ0) is 13.0. The summed E-state index contributed by atoms with van der Waals surface area (Å²) in [6.07, 6.45) is 0. The van der Waals surface area contributed by atoms with Crippen molar-refractivity contribution in [2.24, 2.45) is 0 Å². The van der Waals surface area contributed by atoms with E-state index in [1.807, 2.05) is 12.1 Å². The monoisotopic (exact) mass is 240 g/mol. The van der Waals surface area contributed by atoms with Crippen LogP contribution < -0.4 is 5.32 Å². The minimum Gasteiger partial charge on any atom is -0.449 e. The van der Waals surface area contributed by atoms with E-state index in [4.69, 9.17) is 9.68 Å². The van der Waals surface area contributed by atoms with Gasteiger partial charge in [0.15, 0.2) is 0 Å². The number of nitriles is 1. The Labute approximate surface area is 107 Å². The van der Waals surface area contributed by atoms with Gasteiger partial charge >= 0.3 is 0 Å². The summed E-state index contributed by atoms with van der Waals surface area (Å²) >= 11 is 0. The highest BCUT2D eigenvalue weighted by atomic mass is 16.3. The number of aryl methyl sites for hydroxylation is 1. The molecule has 0 aliphatic carbocycles. The smallest absolute Gasteiger partial charge is 0.203 e. The molecule has 18 heavy (non-hydrogen) atoms. The minimum atomic E-state index is 0.251. The summed E-state index contributed by atoms with van der Waals surface area (Å²) in [5, 5.41) is 12.0. The van der Waals surface area contributed by atoms with Gasteiger partial charge in [0.25, 0.3) is 0 Å². The Morgan fingerprint density at radius 2 is 1.94 bits per heavy atom. The first kappa shape index (κ1) is 12.4. The molecule has 3 heteroatoms. The number of benzene rings is 1. The predicted octanol–water partition coefficient (Wildman–Crippen LogP) is 3.31. The van der Waals surface area contributed by atoms with Gasteiger partial charge in [-0.05, 0) is 31.5 Å². The standard InChI is InChI=1S/C15H16N2O/c1-11-3-5-13(6-4-11)12(2)17-10-15-8-7-14(9-16)18-15/h3-8,12,17H,10H2,1-2H3/t12-/m0/s1. The van der Waals surface area contributed by atoms with Gasteiger partial charge in [0.05, 0.1) is 6.54 Å². The highest BCUT2D eigenvalue weighted by molar-refractivity contribution is 5.24. The van der Waals surface area contributed by atoms with Crippen LogP contribution in [0, 0.1) is 18.3 Å². The lowest BCUT2D eigenvalue weighted by Gasteiger charge is -2.13. The largest absolute Gasteiger partial charge is 0.449 e. The minimum absolute atomic E-state index is 0.251. The van der Waals surface area contributed by atoms with E-state index in [2.05, 4.69) is 43.4 Å². The van der Waals surface area contributed by atoms with Gasteiger partial charge in [-0.1, -0.05) is 29.8 Å². The topological polar surface area (TPSA) is 49.0 Å². The van der Waals surface area contributed by atoms with Crippen molar-refractivity contribution in [2.45, 2.75) is 26.4 Å². The number of nitrogens with zero attached hydrogens (tertiary/aromatic N) is 1. The summed E-state index contributed by atoms with van der Waals surface area (Å²) in [6, 6.07) is 14.2. The van der Waals surface area contributed by atoms with E-state index < -0.39 is 0 Å². The lowest BCUT2D eigenvalue weighted by molar-refractivity contribution is 0.453. The van der Waals surface area contributed by atoms with Crippen LogP contribution in [-0.4, -0.2) is 0 Å². The van der Waals surface area contributed by atoms with Crippen molar-refractivity contribution < 1.29 is 4.42 Å². The molecule has 1 atom stereocenters. The van der Waals surface area contributed by atoms with E-state index in [1.54, 1.807) is 6.07 Å². The molecule has 1 aromatic carbocycles. The molecule has 2 aromatic rings. The zero-order valence-electron chi connectivity index (χ0n) is 10.6. The van der Waals surface area contributed by atoms with Crippen LogP contribution in [0.5, 0.6) is 0 Å². The predicted molar refractivity (Wildman–Crippen MR) is 69.9 cm³/mol. The summed E-state index contributed by atoms with van der Waals surface area (Å²) < 4.78 is 5.31. The second-order valence-corrected chi connectivity index (χ2v) is 4.39. The van der Waals surface area contributed by atoms with Crippen LogP contribution in [0.25, 0.3) is 0 Å². The van der Waals surface area contributed by atoms with Gasteiger partial charge in [-0.15, -0.1) is 0 Å². The fraction of sp³-hybridized carbons (Fsp3) is 0.267. The van der Waals surface area contributed by atoms with Crippen molar-refractivity contribution in [3.8, 4) is 6.07 Å². The molecule has 1 heterocycles. The number of hydrogen-bond acceptors (Lipinski definition) is 3. The lowest BCUT2D eigenvalue weighted by Crippen LogP contribution is -2.17. The third-order valence-electron chi connectivity index (χ3n) is 2.93. The van der Waals surface area contributed by atoms with Gasteiger partial charge in [-0.3, -0.25) is 0 Å². The van der Waals surface area contributed by atoms with Gasteiger partial charge in [0.1, 0.15) is 11.8 Å². The Morgan fingerprint density at radius 3 is 2.56 bits per heavy atom. The maximum absolute atomic E-state index is 8.67. The van der Waals surface area contributed by atoms with Crippen molar-refractivity contribution in [3.63, 3.8) is 0 Å². The first-order valence-electron chi connectivity index (χ1n) is 5.98. The van der Waals surface area contributed by atoms with Crippen molar-refractivity contribution >= 4 is 0 Å². The normalized spacial score (nSPS) is 12.1. The molecular formula is C15H16N2O. The van der Waals surface area contributed by atoms with Crippen LogP contribution in [0.3, 0.4) is 0 Å². The maximum Gasteiger partial charge on any atom is 0.203 e. The van der Waals surface area contributed by atoms with Crippen molar-refractivity contribution in [3.05, 3.63) is 59.0 Å². The molecule has 0 spiro atoms. The van der Waals surface area contributed by atoms with E-state index >= 15 is 0 Å².